The van der Waals surface area contributed by atoms with Gasteiger partial charge in [0, 0.05) is 17.5 Å². The van der Waals surface area contributed by atoms with Gasteiger partial charge in [-0.25, -0.2) is 0 Å². The second-order valence-electron chi connectivity index (χ2n) is 6.67. The van der Waals surface area contributed by atoms with Crippen LogP contribution in [0.2, 0.25) is 0 Å². The van der Waals surface area contributed by atoms with E-state index >= 15 is 0 Å². The van der Waals surface area contributed by atoms with Crippen molar-refractivity contribution in [3.05, 3.63) is 77.5 Å². The minimum absolute atomic E-state index is 0.0317. The predicted molar refractivity (Wildman–Crippen MR) is 113 cm³/mol. The third-order valence-corrected chi connectivity index (χ3v) is 5.17. The van der Waals surface area contributed by atoms with Gasteiger partial charge in [-0.05, 0) is 66.2 Å². The van der Waals surface area contributed by atoms with Crippen molar-refractivity contribution >= 4 is 17.8 Å². The van der Waals surface area contributed by atoms with Gasteiger partial charge >= 0.3 is 6.18 Å². The number of benzene rings is 2. The van der Waals surface area contributed by atoms with E-state index in [1.807, 2.05) is 12.1 Å². The molecule has 164 valence electrons. The van der Waals surface area contributed by atoms with E-state index in [0.717, 1.165) is 48.0 Å². The van der Waals surface area contributed by atoms with Gasteiger partial charge in [-0.1, -0.05) is 24.3 Å². The lowest BCUT2D eigenvalue weighted by molar-refractivity contribution is -0.137. The van der Waals surface area contributed by atoms with Gasteiger partial charge in [-0.2, -0.15) is 18.3 Å². The molecule has 4 nitrogen and oxygen atoms in total. The first-order valence-electron chi connectivity index (χ1n) is 9.64. The Labute approximate surface area is 182 Å². The molecular weight excluding hydrogens is 430 g/mol. The summed E-state index contributed by atoms with van der Waals surface area (Å²) in [4.78, 5) is 1.11. The maximum absolute atomic E-state index is 12.1. The first-order chi connectivity index (χ1) is 15.0. The zero-order chi connectivity index (χ0) is 22.1. The Kier molecular flexibility index (Phi) is 8.11. The summed E-state index contributed by atoms with van der Waals surface area (Å²) < 4.78 is 57.0. The van der Waals surface area contributed by atoms with Crippen LogP contribution in [-0.2, 0) is 19.0 Å². The van der Waals surface area contributed by atoms with E-state index in [2.05, 4.69) is 33.1 Å². The molecule has 0 unspecified atom stereocenters. The van der Waals surface area contributed by atoms with Crippen LogP contribution in [0, 0.1) is 0 Å². The summed E-state index contributed by atoms with van der Waals surface area (Å²) >= 11 is 1.51. The molecule has 0 radical (unpaired) electrons. The first kappa shape index (κ1) is 22.9. The summed E-state index contributed by atoms with van der Waals surface area (Å²) in [7, 11) is 0. The number of fused-ring (bicyclic) bond motifs is 1. The van der Waals surface area contributed by atoms with Crippen molar-refractivity contribution in [1.82, 2.24) is 10.2 Å². The maximum atomic E-state index is 12.1. The smallest absolute Gasteiger partial charge is 0.416 e. The standard InChI is InChI=1S/C13H13N3OS.C9H8F4/c1-4-13(15-14-7-1)16-18-11-6-5-10-3-2-8-17-12(10)9-11;10-5-4-7-2-1-3-8(6-7)9(11,12)13/h1,4-7,9H,2-3,8H2,(H,15,16);1-3,6H,4-5H2. The number of hydrogen-bond acceptors (Lipinski definition) is 5. The molecule has 2 heterocycles. The van der Waals surface area contributed by atoms with Gasteiger partial charge in [0.2, 0.25) is 0 Å². The van der Waals surface area contributed by atoms with Crippen LogP contribution >= 0.6 is 11.9 Å². The van der Waals surface area contributed by atoms with Crippen molar-refractivity contribution in [3.63, 3.8) is 0 Å². The zero-order valence-electron chi connectivity index (χ0n) is 16.5. The third-order valence-electron chi connectivity index (χ3n) is 4.37. The number of halogens is 4. The Morgan fingerprint density at radius 1 is 1.06 bits per heavy atom. The summed E-state index contributed by atoms with van der Waals surface area (Å²) in [5.74, 6) is 1.76. The van der Waals surface area contributed by atoms with Gasteiger partial charge in [0.05, 0.1) is 18.8 Å². The van der Waals surface area contributed by atoms with Crippen LogP contribution in [-0.4, -0.2) is 23.5 Å². The van der Waals surface area contributed by atoms with Gasteiger partial charge in [-0.15, -0.1) is 5.10 Å². The highest BCUT2D eigenvalue weighted by Crippen LogP contribution is 2.31. The van der Waals surface area contributed by atoms with Crippen LogP contribution in [0.25, 0.3) is 0 Å². The van der Waals surface area contributed by atoms with Crippen LogP contribution in [0.5, 0.6) is 5.75 Å². The molecule has 1 aliphatic rings. The second kappa shape index (κ2) is 11.0. The number of aryl methyl sites for hydroxylation is 2. The van der Waals surface area contributed by atoms with Gasteiger partial charge in [0.15, 0.2) is 5.82 Å². The molecule has 0 bridgehead atoms. The Balaban J connectivity index is 0.000000187. The molecule has 0 amide bonds. The van der Waals surface area contributed by atoms with E-state index in [0.29, 0.717) is 5.56 Å². The van der Waals surface area contributed by atoms with Gasteiger partial charge in [0.1, 0.15) is 5.75 Å². The SMILES string of the molecule is FCCc1cccc(C(F)(F)F)c1.c1cnnc(NSc2ccc3c(c2)OCCC3)c1. The average Bonchev–Trinajstić information content (AvgIpc) is 2.79. The fraction of sp³-hybridized carbons (Fsp3) is 0.273. The lowest BCUT2D eigenvalue weighted by Gasteiger charge is -2.17. The zero-order valence-corrected chi connectivity index (χ0v) is 17.3. The molecule has 0 saturated heterocycles. The summed E-state index contributed by atoms with van der Waals surface area (Å²) in [5, 5.41) is 7.78. The highest BCUT2D eigenvalue weighted by atomic mass is 32.2. The van der Waals surface area contributed by atoms with E-state index in [4.69, 9.17) is 4.74 Å². The number of alkyl halides is 4. The summed E-state index contributed by atoms with van der Waals surface area (Å²) in [6, 6.07) is 14.8. The molecule has 0 saturated carbocycles. The molecule has 0 aliphatic carbocycles. The Morgan fingerprint density at radius 3 is 2.68 bits per heavy atom. The van der Waals surface area contributed by atoms with E-state index in [-0.39, 0.29) is 6.42 Å². The third kappa shape index (κ3) is 7.13. The molecule has 2 aromatic carbocycles. The molecule has 3 aromatic rings. The maximum Gasteiger partial charge on any atom is 0.416 e. The number of ether oxygens (including phenoxy) is 1. The molecule has 0 fully saturated rings. The van der Waals surface area contributed by atoms with Gasteiger partial charge in [0.25, 0.3) is 0 Å². The number of hydrogen-bond donors (Lipinski definition) is 1. The van der Waals surface area contributed by atoms with Gasteiger partial charge in [-0.3, -0.25) is 4.39 Å². The molecule has 31 heavy (non-hydrogen) atoms. The van der Waals surface area contributed by atoms with Crippen LogP contribution in [0.15, 0.2) is 65.7 Å². The molecule has 1 aliphatic heterocycles. The number of rotatable bonds is 5. The van der Waals surface area contributed by atoms with Crippen LogP contribution in [0.3, 0.4) is 0 Å². The lowest BCUT2D eigenvalue weighted by Crippen LogP contribution is -2.08. The topological polar surface area (TPSA) is 47.0 Å². The summed E-state index contributed by atoms with van der Waals surface area (Å²) in [6.07, 6.45) is -0.436. The summed E-state index contributed by atoms with van der Waals surface area (Å²) in [5.41, 5.74) is 0.945. The van der Waals surface area contributed by atoms with Crippen molar-refractivity contribution in [2.45, 2.75) is 30.3 Å². The van der Waals surface area contributed by atoms with Crippen LogP contribution < -0.4 is 9.46 Å². The van der Waals surface area contributed by atoms with Gasteiger partial charge < -0.3 is 9.46 Å². The Morgan fingerprint density at radius 2 is 1.94 bits per heavy atom. The largest absolute Gasteiger partial charge is 0.493 e. The molecular formula is C22H21F4N3OS. The molecule has 0 spiro atoms. The fourth-order valence-electron chi connectivity index (χ4n) is 2.86. The van der Waals surface area contributed by atoms with E-state index < -0.39 is 18.4 Å². The van der Waals surface area contributed by atoms with Crippen LogP contribution in [0.4, 0.5) is 23.4 Å². The van der Waals surface area contributed by atoms with Crippen molar-refractivity contribution in [2.75, 3.05) is 18.0 Å². The first-order valence-corrected chi connectivity index (χ1v) is 10.5. The summed E-state index contributed by atoms with van der Waals surface area (Å²) in [6.45, 7) is 0.181. The minimum Gasteiger partial charge on any atom is -0.493 e. The van der Waals surface area contributed by atoms with Crippen molar-refractivity contribution in [3.8, 4) is 5.75 Å². The molecule has 0 atom stereocenters. The molecule has 1 N–H and O–H groups in total. The van der Waals surface area contributed by atoms with Crippen LogP contribution in [0.1, 0.15) is 23.1 Å². The Hall–Kier alpha value is -2.81. The number of anilines is 1. The highest BCUT2D eigenvalue weighted by molar-refractivity contribution is 8.00. The van der Waals surface area contributed by atoms with E-state index in [1.165, 1.54) is 29.6 Å². The van der Waals surface area contributed by atoms with Crippen molar-refractivity contribution < 1.29 is 22.3 Å². The predicted octanol–water partition coefficient (Wildman–Crippen LogP) is 6.14. The van der Waals surface area contributed by atoms with Crippen molar-refractivity contribution in [1.29, 1.82) is 0 Å². The minimum atomic E-state index is -4.34. The molecule has 9 heteroatoms. The number of nitrogens with zero attached hydrogens (tertiary/aromatic N) is 2. The average molecular weight is 451 g/mol. The quantitative estimate of drug-likeness (QED) is 0.373. The lowest BCUT2D eigenvalue weighted by atomic mass is 10.1. The normalized spacial score (nSPS) is 12.8. The van der Waals surface area contributed by atoms with E-state index in [1.54, 1.807) is 6.20 Å². The van der Waals surface area contributed by atoms with E-state index in [9.17, 15) is 17.6 Å². The monoisotopic (exact) mass is 451 g/mol. The number of aromatic nitrogens is 2. The molecule has 1 aromatic heterocycles. The highest BCUT2D eigenvalue weighted by Gasteiger charge is 2.30. The fourth-order valence-corrected chi connectivity index (χ4v) is 3.50. The number of nitrogens with one attached hydrogen (secondary N) is 1. The van der Waals surface area contributed by atoms with Crippen molar-refractivity contribution in [2.24, 2.45) is 0 Å². The molecule has 4 rings (SSSR count). The Bertz CT molecular complexity index is 970. The second-order valence-corrected chi connectivity index (χ2v) is 7.55.